The summed E-state index contributed by atoms with van der Waals surface area (Å²) in [6.07, 6.45) is 7.37. The predicted molar refractivity (Wildman–Crippen MR) is 108 cm³/mol. The molecule has 0 bridgehead atoms. The van der Waals surface area contributed by atoms with Crippen molar-refractivity contribution in [3.05, 3.63) is 71.2 Å². The smallest absolute Gasteiger partial charge is 0.176 e. The van der Waals surface area contributed by atoms with Crippen LogP contribution in [-0.4, -0.2) is 25.8 Å². The van der Waals surface area contributed by atoms with Crippen LogP contribution in [-0.2, 0) is 23.7 Å². The average molecular weight is 383 g/mol. The second kappa shape index (κ2) is 6.28. The van der Waals surface area contributed by atoms with Crippen LogP contribution >= 0.6 is 0 Å². The number of aryl methyl sites for hydroxylation is 1. The molecule has 6 heteroatoms. The van der Waals surface area contributed by atoms with E-state index >= 15 is 0 Å². The van der Waals surface area contributed by atoms with E-state index in [1.165, 1.54) is 0 Å². The minimum Gasteiger partial charge on any atom is -0.293 e. The van der Waals surface area contributed by atoms with Gasteiger partial charge in [0.2, 0.25) is 0 Å². The van der Waals surface area contributed by atoms with Crippen molar-refractivity contribution >= 4 is 5.78 Å². The summed E-state index contributed by atoms with van der Waals surface area (Å²) in [7, 11) is 1.89. The summed E-state index contributed by atoms with van der Waals surface area (Å²) in [4.78, 5) is 12.8. The second-order valence-corrected chi connectivity index (χ2v) is 8.03. The number of H-pyrrole nitrogens is 1. The molecule has 3 atom stereocenters. The number of nitrogens with one attached hydrogen (secondary N) is 1. The van der Waals surface area contributed by atoms with E-state index in [0.29, 0.717) is 0 Å². The van der Waals surface area contributed by atoms with E-state index in [-0.39, 0.29) is 23.2 Å². The Kier molecular flexibility index (Phi) is 3.82. The first kappa shape index (κ1) is 17.6. The fourth-order valence-corrected chi connectivity index (χ4v) is 5.22. The monoisotopic (exact) mass is 383 g/mol. The van der Waals surface area contributed by atoms with E-state index in [4.69, 9.17) is 5.10 Å². The van der Waals surface area contributed by atoms with Crippen LogP contribution in [0.5, 0.6) is 0 Å². The van der Waals surface area contributed by atoms with Gasteiger partial charge in [-0.2, -0.15) is 15.5 Å². The van der Waals surface area contributed by atoms with Crippen molar-refractivity contribution in [1.82, 2.24) is 20.0 Å². The maximum Gasteiger partial charge on any atom is 0.176 e. The van der Waals surface area contributed by atoms with Crippen molar-refractivity contribution in [1.29, 1.82) is 5.26 Å². The summed E-state index contributed by atoms with van der Waals surface area (Å²) in [6, 6.07) is 12.3. The maximum atomic E-state index is 12.8. The Balaban J connectivity index is 1.81. The third-order valence-electron chi connectivity index (χ3n) is 6.57. The zero-order valence-electron chi connectivity index (χ0n) is 16.4. The first-order valence-electron chi connectivity index (χ1n) is 9.85. The van der Waals surface area contributed by atoms with Gasteiger partial charge in [-0.25, -0.2) is 0 Å². The van der Waals surface area contributed by atoms with Crippen LogP contribution in [0.2, 0.25) is 0 Å². The summed E-state index contributed by atoms with van der Waals surface area (Å²) in [5.41, 5.74) is 4.74. The number of carbonyl (C=O) groups is 1. The molecule has 0 spiro atoms. The van der Waals surface area contributed by atoms with Gasteiger partial charge >= 0.3 is 0 Å². The van der Waals surface area contributed by atoms with Gasteiger partial charge in [0.25, 0.3) is 0 Å². The SMILES string of the molecule is CC1C(=O)C(C#N)=C[C@]2(c3ccccc3)c3n[nH]c(-c4cnn(C)c4)c3CCC12. The first-order valence-corrected chi connectivity index (χ1v) is 9.85. The largest absolute Gasteiger partial charge is 0.293 e. The van der Waals surface area contributed by atoms with E-state index in [0.717, 1.165) is 40.9 Å². The Morgan fingerprint density at radius 3 is 2.79 bits per heavy atom. The number of hydrogen-bond acceptors (Lipinski definition) is 4. The molecule has 144 valence electrons. The van der Waals surface area contributed by atoms with Gasteiger partial charge < -0.3 is 0 Å². The standard InChI is InChI=1S/C23H21N5O/c1-14-19-9-8-18-20(16-12-25-28(2)13-16)26-27-22(18)23(19,10-15(11-24)21(14)29)17-6-4-3-5-7-17/h3-7,10,12-14,19H,8-9H2,1-2H3,(H,26,27)/t14?,19?,23-/m1/s1. The Morgan fingerprint density at radius 1 is 1.31 bits per heavy atom. The fourth-order valence-electron chi connectivity index (χ4n) is 5.22. The van der Waals surface area contributed by atoms with Crippen LogP contribution in [0.25, 0.3) is 11.3 Å². The second-order valence-electron chi connectivity index (χ2n) is 8.03. The number of nitriles is 1. The first-order chi connectivity index (χ1) is 14.1. The molecule has 2 aromatic heterocycles. The minimum absolute atomic E-state index is 0.0597. The number of Topliss-reactive ketones (excluding diaryl/α,β-unsaturated/α-hetero) is 1. The number of aromatic amines is 1. The molecular formula is C23H21N5O. The van der Waals surface area contributed by atoms with Gasteiger partial charge in [0.1, 0.15) is 6.07 Å². The Bertz CT molecular complexity index is 1180. The molecule has 2 unspecified atom stereocenters. The number of fused-ring (bicyclic) bond motifs is 3. The van der Waals surface area contributed by atoms with E-state index in [1.807, 2.05) is 50.6 Å². The molecule has 0 saturated carbocycles. The van der Waals surface area contributed by atoms with Gasteiger partial charge in [0, 0.05) is 30.3 Å². The third-order valence-corrected chi connectivity index (χ3v) is 6.57. The summed E-state index contributed by atoms with van der Waals surface area (Å²) < 4.78 is 1.77. The number of ketones is 1. The van der Waals surface area contributed by atoms with Gasteiger partial charge in [-0.15, -0.1) is 0 Å². The number of rotatable bonds is 2. The van der Waals surface area contributed by atoms with E-state index in [2.05, 4.69) is 28.4 Å². The Hall–Kier alpha value is -3.46. The van der Waals surface area contributed by atoms with E-state index in [9.17, 15) is 10.1 Å². The molecule has 0 saturated heterocycles. The van der Waals surface area contributed by atoms with Crippen molar-refractivity contribution in [2.24, 2.45) is 18.9 Å². The number of benzene rings is 1. The number of nitrogens with zero attached hydrogens (tertiary/aromatic N) is 4. The lowest BCUT2D eigenvalue weighted by atomic mass is 9.54. The van der Waals surface area contributed by atoms with Crippen molar-refractivity contribution in [3.63, 3.8) is 0 Å². The number of hydrogen-bond donors (Lipinski definition) is 1. The normalized spacial score (nSPS) is 25.7. The molecular weight excluding hydrogens is 362 g/mol. The van der Waals surface area contributed by atoms with Crippen LogP contribution in [0, 0.1) is 23.2 Å². The van der Waals surface area contributed by atoms with Gasteiger partial charge in [-0.05, 0) is 30.4 Å². The van der Waals surface area contributed by atoms with Gasteiger partial charge in [0.05, 0.1) is 28.6 Å². The van der Waals surface area contributed by atoms with Crippen LogP contribution in [0.4, 0.5) is 0 Å². The number of aromatic nitrogens is 4. The van der Waals surface area contributed by atoms with Crippen LogP contribution < -0.4 is 0 Å². The van der Waals surface area contributed by atoms with Crippen LogP contribution in [0.15, 0.2) is 54.4 Å². The highest BCUT2D eigenvalue weighted by Gasteiger charge is 2.53. The van der Waals surface area contributed by atoms with E-state index < -0.39 is 5.41 Å². The molecule has 0 radical (unpaired) electrons. The third kappa shape index (κ3) is 2.37. The molecule has 5 rings (SSSR count). The molecule has 0 amide bonds. The lowest BCUT2D eigenvalue weighted by molar-refractivity contribution is -0.121. The zero-order valence-corrected chi connectivity index (χ0v) is 16.4. The summed E-state index contributed by atoms with van der Waals surface area (Å²) in [5.74, 6) is -0.232. The fraction of sp³-hybridized carbons (Fsp3) is 0.304. The maximum absolute atomic E-state index is 12.8. The lowest BCUT2D eigenvalue weighted by Gasteiger charge is -2.46. The quantitative estimate of drug-likeness (QED) is 0.735. The van der Waals surface area contributed by atoms with Crippen molar-refractivity contribution in [3.8, 4) is 17.3 Å². The zero-order chi connectivity index (χ0) is 20.2. The molecule has 1 aromatic carbocycles. The lowest BCUT2D eigenvalue weighted by Crippen LogP contribution is -2.48. The molecule has 29 heavy (non-hydrogen) atoms. The Morgan fingerprint density at radius 2 is 2.10 bits per heavy atom. The van der Waals surface area contributed by atoms with E-state index in [1.54, 1.807) is 4.68 Å². The van der Waals surface area contributed by atoms with Crippen molar-refractivity contribution in [2.45, 2.75) is 25.2 Å². The summed E-state index contributed by atoms with van der Waals surface area (Å²) >= 11 is 0. The van der Waals surface area contributed by atoms with Crippen molar-refractivity contribution < 1.29 is 4.79 Å². The van der Waals surface area contributed by atoms with Gasteiger partial charge in [0.15, 0.2) is 5.78 Å². The molecule has 0 fully saturated rings. The molecule has 0 aliphatic heterocycles. The highest BCUT2D eigenvalue weighted by Crippen LogP contribution is 2.54. The average Bonchev–Trinajstić information content (AvgIpc) is 3.37. The van der Waals surface area contributed by atoms with Gasteiger partial charge in [-0.3, -0.25) is 14.6 Å². The highest BCUT2D eigenvalue weighted by molar-refractivity contribution is 6.02. The number of allylic oxidation sites excluding steroid dienone is 2. The molecule has 3 aromatic rings. The van der Waals surface area contributed by atoms with Crippen LogP contribution in [0.3, 0.4) is 0 Å². The highest BCUT2D eigenvalue weighted by atomic mass is 16.1. The molecule has 6 nitrogen and oxygen atoms in total. The summed E-state index contributed by atoms with van der Waals surface area (Å²) in [5, 5.41) is 22.0. The predicted octanol–water partition coefficient (Wildman–Crippen LogP) is 3.33. The van der Waals surface area contributed by atoms with Crippen molar-refractivity contribution in [2.75, 3.05) is 0 Å². The summed E-state index contributed by atoms with van der Waals surface area (Å²) in [6.45, 7) is 1.95. The molecule has 2 aliphatic rings. The topological polar surface area (TPSA) is 87.4 Å². The molecule has 1 N–H and O–H groups in total. The molecule has 2 aliphatic carbocycles. The Labute approximate surface area is 168 Å². The van der Waals surface area contributed by atoms with Crippen LogP contribution in [0.1, 0.15) is 30.2 Å². The van der Waals surface area contributed by atoms with Gasteiger partial charge in [-0.1, -0.05) is 37.3 Å². The minimum atomic E-state index is -0.593. The molecule has 2 heterocycles. The number of carbonyl (C=O) groups excluding carboxylic acids is 1.